The quantitative estimate of drug-likeness (QED) is 0.853. The number of hydrogen-bond donors (Lipinski definition) is 2. The molecule has 2 saturated carbocycles. The third-order valence-corrected chi connectivity index (χ3v) is 6.10. The van der Waals surface area contributed by atoms with E-state index in [1.807, 2.05) is 18.2 Å². The fourth-order valence-corrected chi connectivity index (χ4v) is 4.49. The molecule has 0 spiro atoms. The smallest absolute Gasteiger partial charge is 0.253 e. The first-order chi connectivity index (χ1) is 12.7. The van der Waals surface area contributed by atoms with Crippen molar-refractivity contribution in [1.82, 2.24) is 10.2 Å². The van der Waals surface area contributed by atoms with Gasteiger partial charge in [-0.1, -0.05) is 31.4 Å². The molecule has 1 aromatic rings. The van der Waals surface area contributed by atoms with Gasteiger partial charge in [0.05, 0.1) is 17.8 Å². The number of para-hydroxylation sites is 1. The molecule has 2 atom stereocenters. The topological polar surface area (TPSA) is 61.4 Å². The van der Waals surface area contributed by atoms with Crippen LogP contribution in [0.25, 0.3) is 0 Å². The Balaban J connectivity index is 1.34. The summed E-state index contributed by atoms with van der Waals surface area (Å²) in [6, 6.07) is 7.60. The van der Waals surface area contributed by atoms with E-state index in [9.17, 15) is 9.59 Å². The van der Waals surface area contributed by atoms with Crippen molar-refractivity contribution < 1.29 is 9.59 Å². The van der Waals surface area contributed by atoms with Gasteiger partial charge in [-0.2, -0.15) is 0 Å². The van der Waals surface area contributed by atoms with E-state index in [-0.39, 0.29) is 11.8 Å². The van der Waals surface area contributed by atoms with Crippen LogP contribution < -0.4 is 10.6 Å². The predicted octanol–water partition coefficient (Wildman–Crippen LogP) is 3.03. The van der Waals surface area contributed by atoms with Crippen LogP contribution in [0.1, 0.15) is 55.3 Å². The van der Waals surface area contributed by atoms with Gasteiger partial charge in [-0.25, -0.2) is 0 Å². The molecule has 5 heteroatoms. The van der Waals surface area contributed by atoms with Crippen LogP contribution >= 0.6 is 0 Å². The van der Waals surface area contributed by atoms with Crippen LogP contribution in [0.2, 0.25) is 0 Å². The highest BCUT2D eigenvalue weighted by Crippen LogP contribution is 2.35. The molecule has 2 amide bonds. The number of likely N-dealkylation sites (tertiary alicyclic amines) is 1. The van der Waals surface area contributed by atoms with Crippen LogP contribution in [0.5, 0.6) is 0 Å². The normalized spacial score (nSPS) is 26.0. The van der Waals surface area contributed by atoms with Crippen LogP contribution in [-0.4, -0.2) is 42.4 Å². The standard InChI is InChI=1S/C21H29N3O2/c25-20(14-24-12-11-15-5-1-2-6-16(15)13-24)23-19-8-4-3-7-18(19)21(26)22-17-9-10-17/h3-4,7-8,15-17H,1-2,5-6,9-14H2,(H,22,26)(H,23,25)/t15-,16+/m0/s1. The molecule has 0 radical (unpaired) electrons. The Morgan fingerprint density at radius 3 is 2.58 bits per heavy atom. The zero-order valence-corrected chi connectivity index (χ0v) is 15.4. The third-order valence-electron chi connectivity index (χ3n) is 6.10. The van der Waals surface area contributed by atoms with Crippen molar-refractivity contribution in [2.75, 3.05) is 25.0 Å². The number of nitrogens with one attached hydrogen (secondary N) is 2. The summed E-state index contributed by atoms with van der Waals surface area (Å²) < 4.78 is 0. The third kappa shape index (κ3) is 4.26. The van der Waals surface area contributed by atoms with E-state index >= 15 is 0 Å². The zero-order valence-electron chi connectivity index (χ0n) is 15.4. The predicted molar refractivity (Wildman–Crippen MR) is 102 cm³/mol. The zero-order chi connectivity index (χ0) is 17.9. The fraction of sp³-hybridized carbons (Fsp3) is 0.619. The Kier molecular flexibility index (Phi) is 5.25. The average Bonchev–Trinajstić information content (AvgIpc) is 3.46. The second kappa shape index (κ2) is 7.78. The highest BCUT2D eigenvalue weighted by Gasteiger charge is 2.31. The van der Waals surface area contributed by atoms with Gasteiger partial charge in [-0.3, -0.25) is 14.5 Å². The van der Waals surface area contributed by atoms with Gasteiger partial charge in [0.25, 0.3) is 5.91 Å². The number of benzene rings is 1. The number of fused-ring (bicyclic) bond motifs is 1. The van der Waals surface area contributed by atoms with Gasteiger partial charge >= 0.3 is 0 Å². The minimum absolute atomic E-state index is 0.0223. The summed E-state index contributed by atoms with van der Waals surface area (Å²) in [6.45, 7) is 2.47. The van der Waals surface area contributed by atoms with E-state index in [2.05, 4.69) is 15.5 Å². The number of amides is 2. The molecule has 140 valence electrons. The van der Waals surface area contributed by atoms with E-state index in [0.717, 1.165) is 37.8 Å². The first-order valence-corrected chi connectivity index (χ1v) is 10.1. The van der Waals surface area contributed by atoms with Crippen LogP contribution in [0.4, 0.5) is 5.69 Å². The molecule has 0 aromatic heterocycles. The first kappa shape index (κ1) is 17.5. The van der Waals surface area contributed by atoms with Gasteiger partial charge in [-0.05, 0) is 56.2 Å². The molecule has 2 aliphatic carbocycles. The van der Waals surface area contributed by atoms with E-state index in [0.29, 0.717) is 23.8 Å². The van der Waals surface area contributed by atoms with E-state index in [4.69, 9.17) is 0 Å². The molecule has 2 N–H and O–H groups in total. The van der Waals surface area contributed by atoms with Crippen molar-refractivity contribution in [2.45, 2.75) is 51.0 Å². The lowest BCUT2D eigenvalue weighted by atomic mass is 9.75. The van der Waals surface area contributed by atoms with Gasteiger partial charge in [0, 0.05) is 12.6 Å². The monoisotopic (exact) mass is 355 g/mol. The summed E-state index contributed by atoms with van der Waals surface area (Å²) in [6.07, 6.45) is 8.72. The van der Waals surface area contributed by atoms with Gasteiger partial charge < -0.3 is 10.6 Å². The molecule has 0 bridgehead atoms. The maximum atomic E-state index is 12.6. The van der Waals surface area contributed by atoms with E-state index < -0.39 is 0 Å². The summed E-state index contributed by atoms with van der Waals surface area (Å²) in [7, 11) is 0. The molecule has 26 heavy (non-hydrogen) atoms. The SMILES string of the molecule is O=C(CN1CC[C@@H]2CCCC[C@@H]2C1)Nc1ccccc1C(=O)NC1CC1. The lowest BCUT2D eigenvalue weighted by Gasteiger charge is -2.41. The number of hydrogen-bond acceptors (Lipinski definition) is 3. The molecule has 1 aromatic carbocycles. The van der Waals surface area contributed by atoms with Crippen LogP contribution in [0.15, 0.2) is 24.3 Å². The maximum absolute atomic E-state index is 12.6. The number of carbonyl (C=O) groups excluding carboxylic acids is 2. The van der Waals surface area contributed by atoms with Crippen molar-refractivity contribution in [1.29, 1.82) is 0 Å². The van der Waals surface area contributed by atoms with Gasteiger partial charge in [-0.15, -0.1) is 0 Å². The molecule has 1 saturated heterocycles. The Hall–Kier alpha value is -1.88. The molecule has 3 aliphatic rings. The molecule has 4 rings (SSSR count). The molecule has 0 unspecified atom stereocenters. The van der Waals surface area contributed by atoms with Crippen LogP contribution in [0, 0.1) is 11.8 Å². The largest absolute Gasteiger partial charge is 0.349 e. The minimum atomic E-state index is -0.0913. The number of piperidine rings is 1. The molecular weight excluding hydrogens is 326 g/mol. The lowest BCUT2D eigenvalue weighted by Crippen LogP contribution is -2.45. The van der Waals surface area contributed by atoms with Crippen LogP contribution in [-0.2, 0) is 4.79 Å². The number of carbonyl (C=O) groups is 2. The molecular formula is C21H29N3O2. The van der Waals surface area contributed by atoms with Crippen LogP contribution in [0.3, 0.4) is 0 Å². The van der Waals surface area contributed by atoms with Gasteiger partial charge in [0.15, 0.2) is 0 Å². The maximum Gasteiger partial charge on any atom is 0.253 e. The lowest BCUT2D eigenvalue weighted by molar-refractivity contribution is -0.118. The number of anilines is 1. The summed E-state index contributed by atoms with van der Waals surface area (Å²) in [5.74, 6) is 1.52. The number of nitrogens with zero attached hydrogens (tertiary/aromatic N) is 1. The Morgan fingerprint density at radius 2 is 1.77 bits per heavy atom. The van der Waals surface area contributed by atoms with Crippen molar-refractivity contribution in [3.05, 3.63) is 29.8 Å². The fourth-order valence-electron chi connectivity index (χ4n) is 4.49. The highest BCUT2D eigenvalue weighted by atomic mass is 16.2. The van der Waals surface area contributed by atoms with Crippen molar-refractivity contribution in [2.24, 2.45) is 11.8 Å². The second-order valence-corrected chi connectivity index (χ2v) is 8.17. The van der Waals surface area contributed by atoms with Crippen molar-refractivity contribution >= 4 is 17.5 Å². The molecule has 5 nitrogen and oxygen atoms in total. The minimum Gasteiger partial charge on any atom is -0.349 e. The van der Waals surface area contributed by atoms with Crippen molar-refractivity contribution in [3.8, 4) is 0 Å². The Bertz CT molecular complexity index is 671. The Morgan fingerprint density at radius 1 is 1.00 bits per heavy atom. The highest BCUT2D eigenvalue weighted by molar-refractivity contribution is 6.04. The van der Waals surface area contributed by atoms with Gasteiger partial charge in [0.1, 0.15) is 0 Å². The molecule has 3 fully saturated rings. The summed E-state index contributed by atoms with van der Waals surface area (Å²) in [4.78, 5) is 27.2. The summed E-state index contributed by atoms with van der Waals surface area (Å²) >= 11 is 0. The average molecular weight is 355 g/mol. The van der Waals surface area contributed by atoms with E-state index in [1.54, 1.807) is 6.07 Å². The first-order valence-electron chi connectivity index (χ1n) is 10.1. The second-order valence-electron chi connectivity index (χ2n) is 8.17. The summed E-state index contributed by atoms with van der Waals surface area (Å²) in [5, 5.41) is 5.96. The number of rotatable bonds is 5. The van der Waals surface area contributed by atoms with E-state index in [1.165, 1.54) is 32.1 Å². The van der Waals surface area contributed by atoms with Crippen molar-refractivity contribution in [3.63, 3.8) is 0 Å². The van der Waals surface area contributed by atoms with Gasteiger partial charge in [0.2, 0.25) is 5.91 Å². The molecule has 1 aliphatic heterocycles. The Labute approximate surface area is 155 Å². The molecule has 1 heterocycles. The summed E-state index contributed by atoms with van der Waals surface area (Å²) in [5.41, 5.74) is 1.17.